The molecule has 1 aliphatic carbocycles. The van der Waals surface area contributed by atoms with Gasteiger partial charge in [0.1, 0.15) is 4.90 Å². The monoisotopic (exact) mass is 451 g/mol. The largest absolute Gasteiger partial charge is 0.398 e. The predicted molar refractivity (Wildman–Crippen MR) is 91.2 cm³/mol. The van der Waals surface area contributed by atoms with E-state index in [0.29, 0.717) is 14.1 Å². The molecule has 2 aromatic rings. The van der Waals surface area contributed by atoms with Crippen molar-refractivity contribution in [2.24, 2.45) is 0 Å². The number of nitrogens with zero attached hydrogens (tertiary/aromatic N) is 1. The van der Waals surface area contributed by atoms with Gasteiger partial charge >= 0.3 is 0 Å². The van der Waals surface area contributed by atoms with Gasteiger partial charge in [-0.2, -0.15) is 0 Å². The van der Waals surface area contributed by atoms with Gasteiger partial charge in [-0.05, 0) is 47.3 Å². The van der Waals surface area contributed by atoms with Crippen LogP contribution in [-0.2, 0) is 22.9 Å². The maximum atomic E-state index is 12.5. The molecule has 0 atom stereocenters. The lowest BCUT2D eigenvalue weighted by Crippen LogP contribution is -2.15. The number of anilines is 2. The lowest BCUT2D eigenvalue weighted by atomic mass is 10.3. The Morgan fingerprint density at radius 2 is 2.05 bits per heavy atom. The highest BCUT2D eigenvalue weighted by Gasteiger charge is 2.25. The first-order valence-corrected chi connectivity index (χ1v) is 10.0. The van der Waals surface area contributed by atoms with Gasteiger partial charge in [0.15, 0.2) is 5.13 Å². The van der Waals surface area contributed by atoms with Crippen molar-refractivity contribution < 1.29 is 8.42 Å². The van der Waals surface area contributed by atoms with Gasteiger partial charge in [0.2, 0.25) is 0 Å². The fourth-order valence-corrected chi connectivity index (χ4v) is 6.62. The molecule has 112 valence electrons. The topological polar surface area (TPSA) is 85.1 Å². The van der Waals surface area contributed by atoms with Crippen molar-refractivity contribution >= 4 is 64.0 Å². The predicted octanol–water partition coefficient (Wildman–Crippen LogP) is 3.54. The molecule has 0 amide bonds. The van der Waals surface area contributed by atoms with Crippen molar-refractivity contribution in [2.75, 3.05) is 10.5 Å². The van der Waals surface area contributed by atoms with Crippen LogP contribution in [0, 0.1) is 0 Å². The van der Waals surface area contributed by atoms with Crippen LogP contribution in [0.5, 0.6) is 0 Å². The zero-order chi connectivity index (χ0) is 15.2. The quantitative estimate of drug-likeness (QED) is 0.697. The average Bonchev–Trinajstić information content (AvgIpc) is 2.86. The first kappa shape index (κ1) is 15.3. The second-order valence-electron chi connectivity index (χ2n) is 4.65. The molecule has 1 aliphatic rings. The minimum atomic E-state index is -3.77. The molecule has 1 aromatic heterocycles. The molecule has 0 saturated carbocycles. The van der Waals surface area contributed by atoms with Gasteiger partial charge < -0.3 is 5.73 Å². The number of fused-ring (bicyclic) bond motifs is 1. The van der Waals surface area contributed by atoms with E-state index >= 15 is 0 Å². The Kier molecular flexibility index (Phi) is 4.02. The molecule has 0 radical (unpaired) electrons. The molecule has 1 heterocycles. The van der Waals surface area contributed by atoms with Crippen LogP contribution < -0.4 is 10.5 Å². The summed E-state index contributed by atoms with van der Waals surface area (Å²) in [5, 5.41) is 0.397. The van der Waals surface area contributed by atoms with Crippen LogP contribution in [0.15, 0.2) is 26.0 Å². The zero-order valence-corrected chi connectivity index (χ0v) is 15.5. The number of thiazole rings is 1. The fourth-order valence-electron chi connectivity index (χ4n) is 2.26. The third-order valence-electron chi connectivity index (χ3n) is 3.12. The van der Waals surface area contributed by atoms with E-state index in [2.05, 4.69) is 41.6 Å². The van der Waals surface area contributed by atoms with E-state index in [4.69, 9.17) is 5.73 Å². The van der Waals surface area contributed by atoms with Crippen molar-refractivity contribution in [3.05, 3.63) is 31.6 Å². The molecule has 0 unspecified atom stereocenters. The number of sulfonamides is 1. The standard InChI is InChI=1S/C12H11Br2N3O2S2/c13-6-4-7(14)11(8(15)5-6)21(18,19)17-12-16-9-2-1-3-10(9)20-12/h4-5H,1-3,15H2,(H,16,17). The Balaban J connectivity index is 1.97. The third-order valence-corrected chi connectivity index (χ3v) is 7.13. The Hall–Kier alpha value is -0.640. The van der Waals surface area contributed by atoms with Crippen molar-refractivity contribution in [2.45, 2.75) is 24.2 Å². The Morgan fingerprint density at radius 3 is 2.71 bits per heavy atom. The first-order chi connectivity index (χ1) is 9.87. The van der Waals surface area contributed by atoms with Crippen LogP contribution in [0.25, 0.3) is 0 Å². The summed E-state index contributed by atoms with van der Waals surface area (Å²) in [6, 6.07) is 3.20. The average molecular weight is 453 g/mol. The van der Waals surface area contributed by atoms with Crippen LogP contribution in [0.3, 0.4) is 0 Å². The second kappa shape index (κ2) is 5.53. The summed E-state index contributed by atoms with van der Waals surface area (Å²) in [6.07, 6.45) is 2.98. The van der Waals surface area contributed by atoms with E-state index in [0.717, 1.165) is 29.8 Å². The number of aryl methyl sites for hydroxylation is 2. The minimum absolute atomic E-state index is 0.0288. The number of rotatable bonds is 3. The molecule has 5 nitrogen and oxygen atoms in total. The second-order valence-corrected chi connectivity index (χ2v) is 9.13. The minimum Gasteiger partial charge on any atom is -0.398 e. The van der Waals surface area contributed by atoms with Gasteiger partial charge in [0, 0.05) is 13.8 Å². The Labute approximate surface area is 143 Å². The fraction of sp³-hybridized carbons (Fsp3) is 0.250. The number of hydrogen-bond donors (Lipinski definition) is 2. The third kappa shape index (κ3) is 2.96. The maximum absolute atomic E-state index is 12.5. The Morgan fingerprint density at radius 1 is 1.29 bits per heavy atom. The summed E-state index contributed by atoms with van der Waals surface area (Å²) in [4.78, 5) is 5.53. The molecule has 0 saturated heterocycles. The molecule has 21 heavy (non-hydrogen) atoms. The van der Waals surface area contributed by atoms with Crippen molar-refractivity contribution in [1.29, 1.82) is 0 Å². The highest BCUT2D eigenvalue weighted by molar-refractivity contribution is 9.11. The molecule has 0 fully saturated rings. The van der Waals surface area contributed by atoms with E-state index in [1.165, 1.54) is 11.3 Å². The van der Waals surface area contributed by atoms with Crippen LogP contribution in [0.1, 0.15) is 17.0 Å². The van der Waals surface area contributed by atoms with E-state index < -0.39 is 10.0 Å². The van der Waals surface area contributed by atoms with E-state index in [-0.39, 0.29) is 10.6 Å². The van der Waals surface area contributed by atoms with Gasteiger partial charge in [-0.15, -0.1) is 11.3 Å². The molecule has 0 spiro atoms. The molecule has 3 rings (SSSR count). The van der Waals surface area contributed by atoms with Crippen LogP contribution in [0.2, 0.25) is 0 Å². The van der Waals surface area contributed by atoms with Crippen LogP contribution >= 0.6 is 43.2 Å². The van der Waals surface area contributed by atoms with E-state index in [1.807, 2.05) is 0 Å². The number of halogens is 2. The van der Waals surface area contributed by atoms with Crippen molar-refractivity contribution in [3.63, 3.8) is 0 Å². The molecule has 0 aliphatic heterocycles. The molecule has 3 N–H and O–H groups in total. The number of aromatic nitrogens is 1. The van der Waals surface area contributed by atoms with E-state index in [9.17, 15) is 8.42 Å². The smallest absolute Gasteiger partial charge is 0.266 e. The number of hydrogen-bond acceptors (Lipinski definition) is 5. The van der Waals surface area contributed by atoms with Gasteiger partial charge in [-0.1, -0.05) is 15.9 Å². The summed E-state index contributed by atoms with van der Waals surface area (Å²) in [5.74, 6) is 0. The Bertz CT molecular complexity index is 773. The summed E-state index contributed by atoms with van der Waals surface area (Å²) < 4.78 is 28.7. The van der Waals surface area contributed by atoms with Gasteiger partial charge in [-0.3, -0.25) is 4.72 Å². The highest BCUT2D eigenvalue weighted by Crippen LogP contribution is 2.35. The van der Waals surface area contributed by atoms with Gasteiger partial charge in [0.05, 0.1) is 11.4 Å². The SMILES string of the molecule is Nc1cc(Br)cc(Br)c1S(=O)(=O)Nc1nc2c(s1)CCC2. The van der Waals surface area contributed by atoms with Crippen molar-refractivity contribution in [1.82, 2.24) is 4.98 Å². The molecular formula is C12H11Br2N3O2S2. The summed E-state index contributed by atoms with van der Waals surface area (Å²) in [5.41, 5.74) is 7.01. The lowest BCUT2D eigenvalue weighted by Gasteiger charge is -2.10. The van der Waals surface area contributed by atoms with Crippen LogP contribution in [0.4, 0.5) is 10.8 Å². The summed E-state index contributed by atoms with van der Waals surface area (Å²) >= 11 is 7.91. The number of nitrogens with one attached hydrogen (secondary N) is 1. The lowest BCUT2D eigenvalue weighted by molar-refractivity contribution is 0.601. The summed E-state index contributed by atoms with van der Waals surface area (Å²) in [7, 11) is -3.77. The maximum Gasteiger partial charge on any atom is 0.266 e. The highest BCUT2D eigenvalue weighted by atomic mass is 79.9. The molecule has 0 bridgehead atoms. The number of benzene rings is 1. The van der Waals surface area contributed by atoms with E-state index in [1.54, 1.807) is 12.1 Å². The molecular weight excluding hydrogens is 442 g/mol. The van der Waals surface area contributed by atoms with Crippen LogP contribution in [-0.4, -0.2) is 13.4 Å². The van der Waals surface area contributed by atoms with Gasteiger partial charge in [0.25, 0.3) is 10.0 Å². The molecule has 9 heteroatoms. The molecule has 1 aromatic carbocycles. The zero-order valence-electron chi connectivity index (χ0n) is 10.7. The van der Waals surface area contributed by atoms with Gasteiger partial charge in [-0.25, -0.2) is 13.4 Å². The number of nitrogen functional groups attached to an aromatic ring is 1. The normalized spacial score (nSPS) is 14.2. The number of nitrogens with two attached hydrogens (primary N) is 1. The van der Waals surface area contributed by atoms with Crippen molar-refractivity contribution in [3.8, 4) is 0 Å². The first-order valence-electron chi connectivity index (χ1n) is 6.13. The summed E-state index contributed by atoms with van der Waals surface area (Å²) in [6.45, 7) is 0.